The summed E-state index contributed by atoms with van der Waals surface area (Å²) in [5, 5.41) is 11.5. The first kappa shape index (κ1) is 20.0. The summed E-state index contributed by atoms with van der Waals surface area (Å²) in [6.45, 7) is 4.68. The normalized spacial score (nSPS) is 17.4. The Labute approximate surface area is 161 Å². The van der Waals surface area contributed by atoms with E-state index in [1.807, 2.05) is 19.1 Å². The summed E-state index contributed by atoms with van der Waals surface area (Å²) in [5.74, 6) is 0. The Balaban J connectivity index is 1.74. The number of ether oxygens (including phenoxy) is 2. The Morgan fingerprint density at radius 2 is 1.78 bits per heavy atom. The fourth-order valence-corrected chi connectivity index (χ4v) is 4.00. The Kier molecular flexibility index (Phi) is 6.60. The minimum absolute atomic E-state index is 0.361. The summed E-state index contributed by atoms with van der Waals surface area (Å²) in [6, 6.07) is 12.5. The van der Waals surface area contributed by atoms with Gasteiger partial charge in [0.2, 0.25) is 0 Å². The third-order valence-corrected chi connectivity index (χ3v) is 5.52. The molecule has 27 heavy (non-hydrogen) atoms. The van der Waals surface area contributed by atoms with Crippen LogP contribution < -0.4 is 0 Å². The number of methoxy groups -OCH3 is 2. The predicted octanol–water partition coefficient (Wildman–Crippen LogP) is 3.04. The van der Waals surface area contributed by atoms with Crippen molar-refractivity contribution in [2.45, 2.75) is 44.6 Å². The minimum atomic E-state index is -0.854. The molecule has 0 atom stereocenters. The lowest BCUT2D eigenvalue weighted by atomic mass is 9.80. The van der Waals surface area contributed by atoms with Gasteiger partial charge in [0.15, 0.2) is 6.29 Å². The highest BCUT2D eigenvalue weighted by molar-refractivity contribution is 5.35. The van der Waals surface area contributed by atoms with Gasteiger partial charge in [-0.25, -0.2) is 0 Å². The standard InChI is InChI=1S/C22H30N2O3/c1-17-9-12-23-19(15-20(26-2)27-3)21(17)22(25)10-13-24(14-11-22)16-18-7-5-4-6-8-18/h4-9,12,20,25H,10-11,13-16H2,1-3H3. The SMILES string of the molecule is COC(Cc1nccc(C)c1C1(O)CCN(Cc2ccccc2)CC1)OC. The number of aliphatic hydroxyl groups is 1. The van der Waals surface area contributed by atoms with Gasteiger partial charge in [0.25, 0.3) is 0 Å². The van der Waals surface area contributed by atoms with Crippen molar-refractivity contribution in [2.75, 3.05) is 27.3 Å². The van der Waals surface area contributed by atoms with Crippen molar-refractivity contribution in [1.29, 1.82) is 0 Å². The average molecular weight is 370 g/mol. The molecule has 1 aromatic heterocycles. The number of likely N-dealkylation sites (tertiary alicyclic amines) is 1. The van der Waals surface area contributed by atoms with Gasteiger partial charge in [-0.1, -0.05) is 30.3 Å². The van der Waals surface area contributed by atoms with Gasteiger partial charge in [-0.05, 0) is 37.0 Å². The third-order valence-electron chi connectivity index (χ3n) is 5.52. The fraction of sp³-hybridized carbons (Fsp3) is 0.500. The van der Waals surface area contributed by atoms with Crippen LogP contribution in [0.25, 0.3) is 0 Å². The van der Waals surface area contributed by atoms with Crippen molar-refractivity contribution < 1.29 is 14.6 Å². The summed E-state index contributed by atoms with van der Waals surface area (Å²) < 4.78 is 10.7. The van der Waals surface area contributed by atoms with Crippen LogP contribution in [0.2, 0.25) is 0 Å². The largest absolute Gasteiger partial charge is 0.385 e. The number of pyridine rings is 1. The first-order valence-corrected chi connectivity index (χ1v) is 9.55. The molecule has 0 amide bonds. The van der Waals surface area contributed by atoms with Crippen LogP contribution in [-0.2, 0) is 28.0 Å². The molecule has 5 nitrogen and oxygen atoms in total. The lowest BCUT2D eigenvalue weighted by Gasteiger charge is -2.40. The summed E-state index contributed by atoms with van der Waals surface area (Å²) in [5.41, 5.74) is 3.34. The van der Waals surface area contributed by atoms with Gasteiger partial charge in [-0.2, -0.15) is 0 Å². The number of aromatic nitrogens is 1. The molecule has 0 bridgehead atoms. The molecule has 0 unspecified atom stereocenters. The Morgan fingerprint density at radius 1 is 1.11 bits per heavy atom. The molecule has 1 fully saturated rings. The number of rotatable bonds is 7. The maximum absolute atomic E-state index is 11.5. The number of hydrogen-bond acceptors (Lipinski definition) is 5. The highest BCUT2D eigenvalue weighted by Crippen LogP contribution is 2.37. The number of aryl methyl sites for hydroxylation is 1. The zero-order chi connectivity index (χ0) is 19.3. The fourth-order valence-electron chi connectivity index (χ4n) is 4.00. The molecule has 2 heterocycles. The Bertz CT molecular complexity index is 724. The van der Waals surface area contributed by atoms with Crippen LogP contribution in [0.3, 0.4) is 0 Å². The lowest BCUT2D eigenvalue weighted by molar-refractivity contribution is -0.102. The maximum atomic E-state index is 11.5. The second-order valence-electron chi connectivity index (χ2n) is 7.35. The molecule has 1 aliphatic rings. The smallest absolute Gasteiger partial charge is 0.162 e. The summed E-state index contributed by atoms with van der Waals surface area (Å²) in [6.07, 6.45) is 3.36. The van der Waals surface area contributed by atoms with Gasteiger partial charge in [-0.3, -0.25) is 9.88 Å². The monoisotopic (exact) mass is 370 g/mol. The molecule has 0 aliphatic carbocycles. The molecular weight excluding hydrogens is 340 g/mol. The van der Waals surface area contributed by atoms with E-state index >= 15 is 0 Å². The molecule has 1 saturated heterocycles. The van der Waals surface area contributed by atoms with Crippen molar-refractivity contribution in [1.82, 2.24) is 9.88 Å². The molecular formula is C22H30N2O3. The molecule has 0 spiro atoms. The van der Waals surface area contributed by atoms with Crippen LogP contribution in [0.1, 0.15) is 35.2 Å². The van der Waals surface area contributed by atoms with E-state index in [1.165, 1.54) is 5.56 Å². The van der Waals surface area contributed by atoms with Crippen molar-refractivity contribution in [2.24, 2.45) is 0 Å². The molecule has 1 N–H and O–H groups in total. The maximum Gasteiger partial charge on any atom is 0.162 e. The van der Waals surface area contributed by atoms with Gasteiger partial charge < -0.3 is 14.6 Å². The quantitative estimate of drug-likeness (QED) is 0.759. The van der Waals surface area contributed by atoms with Crippen LogP contribution in [-0.4, -0.2) is 48.6 Å². The van der Waals surface area contributed by atoms with Gasteiger partial charge in [0.1, 0.15) is 0 Å². The second kappa shape index (κ2) is 8.93. The zero-order valence-corrected chi connectivity index (χ0v) is 16.5. The van der Waals surface area contributed by atoms with E-state index in [-0.39, 0.29) is 6.29 Å². The first-order valence-electron chi connectivity index (χ1n) is 9.55. The summed E-state index contributed by atoms with van der Waals surface area (Å²) >= 11 is 0. The van der Waals surface area contributed by atoms with Crippen LogP contribution in [0.5, 0.6) is 0 Å². The van der Waals surface area contributed by atoms with E-state index in [0.717, 1.165) is 36.5 Å². The average Bonchev–Trinajstić information content (AvgIpc) is 2.69. The van der Waals surface area contributed by atoms with Crippen LogP contribution in [0.15, 0.2) is 42.6 Å². The summed E-state index contributed by atoms with van der Waals surface area (Å²) in [7, 11) is 3.25. The molecule has 2 aromatic rings. The van der Waals surface area contributed by atoms with Crippen LogP contribution in [0, 0.1) is 6.92 Å². The van der Waals surface area contributed by atoms with E-state index in [9.17, 15) is 5.11 Å². The van der Waals surface area contributed by atoms with E-state index in [0.29, 0.717) is 19.3 Å². The van der Waals surface area contributed by atoms with Gasteiger partial charge in [0.05, 0.1) is 11.3 Å². The second-order valence-corrected chi connectivity index (χ2v) is 7.35. The zero-order valence-electron chi connectivity index (χ0n) is 16.5. The van der Waals surface area contributed by atoms with E-state index in [2.05, 4.69) is 34.1 Å². The van der Waals surface area contributed by atoms with Gasteiger partial charge in [-0.15, -0.1) is 0 Å². The van der Waals surface area contributed by atoms with E-state index in [4.69, 9.17) is 9.47 Å². The molecule has 5 heteroatoms. The molecule has 0 radical (unpaired) electrons. The topological polar surface area (TPSA) is 54.8 Å². The summed E-state index contributed by atoms with van der Waals surface area (Å²) in [4.78, 5) is 6.95. The van der Waals surface area contributed by atoms with Crippen molar-refractivity contribution in [3.63, 3.8) is 0 Å². The lowest BCUT2D eigenvalue weighted by Crippen LogP contribution is -2.43. The van der Waals surface area contributed by atoms with E-state index in [1.54, 1.807) is 20.4 Å². The highest BCUT2D eigenvalue weighted by Gasteiger charge is 2.37. The minimum Gasteiger partial charge on any atom is -0.385 e. The van der Waals surface area contributed by atoms with Crippen LogP contribution >= 0.6 is 0 Å². The molecule has 1 aromatic carbocycles. The Morgan fingerprint density at radius 3 is 2.41 bits per heavy atom. The van der Waals surface area contributed by atoms with E-state index < -0.39 is 5.60 Å². The molecule has 146 valence electrons. The molecule has 1 aliphatic heterocycles. The van der Waals surface area contributed by atoms with Crippen molar-refractivity contribution in [3.8, 4) is 0 Å². The molecule has 3 rings (SSSR count). The molecule has 0 saturated carbocycles. The number of benzene rings is 1. The van der Waals surface area contributed by atoms with Crippen molar-refractivity contribution >= 4 is 0 Å². The highest BCUT2D eigenvalue weighted by atomic mass is 16.7. The van der Waals surface area contributed by atoms with Crippen LogP contribution in [0.4, 0.5) is 0 Å². The number of hydrogen-bond donors (Lipinski definition) is 1. The Hall–Kier alpha value is -1.79. The van der Waals surface area contributed by atoms with Gasteiger partial charge >= 0.3 is 0 Å². The number of piperidine rings is 1. The van der Waals surface area contributed by atoms with Crippen molar-refractivity contribution in [3.05, 3.63) is 65.0 Å². The first-order chi connectivity index (χ1) is 13.1. The predicted molar refractivity (Wildman–Crippen MR) is 105 cm³/mol. The number of nitrogens with zero attached hydrogens (tertiary/aromatic N) is 2. The van der Waals surface area contributed by atoms with Gasteiger partial charge in [0, 0.05) is 52.0 Å². The third kappa shape index (κ3) is 4.74.